The van der Waals surface area contributed by atoms with Gasteiger partial charge in [0.15, 0.2) is 11.3 Å². The van der Waals surface area contributed by atoms with Crippen LogP contribution in [0.2, 0.25) is 5.15 Å². The van der Waals surface area contributed by atoms with E-state index in [1.54, 1.807) is 30.3 Å². The summed E-state index contributed by atoms with van der Waals surface area (Å²) in [4.78, 5) is 28.1. The van der Waals surface area contributed by atoms with Crippen LogP contribution in [0.5, 0.6) is 5.75 Å². The number of rotatable bonds is 5. The molecule has 0 bridgehead atoms. The van der Waals surface area contributed by atoms with E-state index in [9.17, 15) is 9.59 Å². The van der Waals surface area contributed by atoms with E-state index in [0.29, 0.717) is 17.0 Å². The van der Waals surface area contributed by atoms with E-state index in [1.807, 2.05) is 6.92 Å². The van der Waals surface area contributed by atoms with Crippen molar-refractivity contribution in [2.45, 2.75) is 20.0 Å². The monoisotopic (exact) mass is 348 g/mol. The summed E-state index contributed by atoms with van der Waals surface area (Å²) in [6, 6.07) is 8.17. The number of amides is 1. The van der Waals surface area contributed by atoms with Gasteiger partial charge in [-0.05, 0) is 43.7 Å². The minimum atomic E-state index is -0.999. The minimum Gasteiger partial charge on any atom is -0.496 e. The van der Waals surface area contributed by atoms with Crippen LogP contribution in [-0.4, -0.2) is 30.1 Å². The Morgan fingerprint density at radius 2 is 2.04 bits per heavy atom. The van der Waals surface area contributed by atoms with Crippen LogP contribution < -0.4 is 10.1 Å². The smallest absolute Gasteiger partial charge is 0.339 e. The predicted molar refractivity (Wildman–Crippen MR) is 90.5 cm³/mol. The molecule has 0 aliphatic rings. The van der Waals surface area contributed by atoms with Crippen LogP contribution in [0.1, 0.15) is 22.8 Å². The minimum absolute atomic E-state index is 0.160. The van der Waals surface area contributed by atoms with E-state index in [0.717, 1.165) is 5.56 Å². The SMILES string of the molecule is COc1cc(C(=O)O[C@@H](C)C(=O)Nc2cccnc2Cl)ccc1C. The number of hydrogen-bond donors (Lipinski definition) is 1. The lowest BCUT2D eigenvalue weighted by molar-refractivity contribution is -0.123. The topological polar surface area (TPSA) is 77.5 Å². The molecule has 1 N–H and O–H groups in total. The van der Waals surface area contributed by atoms with Crippen LogP contribution >= 0.6 is 11.6 Å². The van der Waals surface area contributed by atoms with Crippen molar-refractivity contribution in [2.75, 3.05) is 12.4 Å². The zero-order valence-corrected chi connectivity index (χ0v) is 14.3. The quantitative estimate of drug-likeness (QED) is 0.663. The fourth-order valence-electron chi connectivity index (χ4n) is 1.94. The largest absolute Gasteiger partial charge is 0.496 e. The molecule has 7 heteroatoms. The first-order chi connectivity index (χ1) is 11.4. The van der Waals surface area contributed by atoms with E-state index in [-0.39, 0.29) is 5.15 Å². The maximum Gasteiger partial charge on any atom is 0.339 e. The Labute approximate surface area is 144 Å². The summed E-state index contributed by atoms with van der Waals surface area (Å²) in [5.41, 5.74) is 1.55. The summed E-state index contributed by atoms with van der Waals surface area (Å²) >= 11 is 5.88. The normalized spacial score (nSPS) is 11.5. The van der Waals surface area contributed by atoms with Gasteiger partial charge >= 0.3 is 5.97 Å². The van der Waals surface area contributed by atoms with Gasteiger partial charge < -0.3 is 14.8 Å². The molecule has 0 saturated carbocycles. The first-order valence-corrected chi connectivity index (χ1v) is 7.57. The highest BCUT2D eigenvalue weighted by molar-refractivity contribution is 6.32. The van der Waals surface area contributed by atoms with Crippen molar-refractivity contribution in [3.8, 4) is 5.75 Å². The maximum atomic E-state index is 12.2. The van der Waals surface area contributed by atoms with Crippen molar-refractivity contribution in [3.63, 3.8) is 0 Å². The molecule has 126 valence electrons. The van der Waals surface area contributed by atoms with Gasteiger partial charge in [-0.3, -0.25) is 4.79 Å². The molecule has 0 aliphatic carbocycles. The van der Waals surface area contributed by atoms with Crippen LogP contribution in [0.4, 0.5) is 5.69 Å². The molecular formula is C17H17ClN2O4. The van der Waals surface area contributed by atoms with E-state index in [4.69, 9.17) is 21.1 Å². The number of esters is 1. The van der Waals surface area contributed by atoms with Crippen molar-refractivity contribution in [1.29, 1.82) is 0 Å². The molecular weight excluding hydrogens is 332 g/mol. The van der Waals surface area contributed by atoms with Crippen molar-refractivity contribution in [1.82, 2.24) is 4.98 Å². The summed E-state index contributed by atoms with van der Waals surface area (Å²) in [5, 5.41) is 2.72. The number of halogens is 1. The average molecular weight is 349 g/mol. The molecule has 1 aromatic heterocycles. The Morgan fingerprint density at radius 3 is 2.71 bits per heavy atom. The molecule has 24 heavy (non-hydrogen) atoms. The molecule has 2 rings (SSSR count). The summed E-state index contributed by atoms with van der Waals surface area (Å²) in [5.74, 6) is -0.547. The third-order valence-corrected chi connectivity index (χ3v) is 3.61. The zero-order chi connectivity index (χ0) is 17.7. The molecule has 0 fully saturated rings. The second kappa shape index (κ2) is 7.79. The van der Waals surface area contributed by atoms with E-state index in [1.165, 1.54) is 20.2 Å². The van der Waals surface area contributed by atoms with Gasteiger partial charge in [-0.1, -0.05) is 17.7 Å². The first kappa shape index (κ1) is 17.7. The van der Waals surface area contributed by atoms with Gasteiger partial charge in [0, 0.05) is 6.20 Å². The number of carbonyl (C=O) groups is 2. The standard InChI is InChI=1S/C17H17ClN2O4/c1-10-6-7-12(9-14(10)23-3)17(22)24-11(2)16(21)20-13-5-4-8-19-15(13)18/h4-9,11H,1-3H3,(H,20,21)/t11-/m0/s1. The molecule has 0 unspecified atom stereocenters. The lowest BCUT2D eigenvalue weighted by atomic mass is 10.1. The van der Waals surface area contributed by atoms with Crippen molar-refractivity contribution in [2.24, 2.45) is 0 Å². The third-order valence-electron chi connectivity index (χ3n) is 3.31. The number of carbonyl (C=O) groups excluding carboxylic acids is 2. The molecule has 6 nitrogen and oxygen atoms in total. The summed E-state index contributed by atoms with van der Waals surface area (Å²) < 4.78 is 10.4. The average Bonchev–Trinajstić information content (AvgIpc) is 2.57. The molecule has 0 spiro atoms. The van der Waals surface area contributed by atoms with Gasteiger partial charge in [0.1, 0.15) is 5.75 Å². The van der Waals surface area contributed by atoms with Gasteiger partial charge in [-0.25, -0.2) is 9.78 Å². The van der Waals surface area contributed by atoms with E-state index >= 15 is 0 Å². The third kappa shape index (κ3) is 4.23. The Bertz CT molecular complexity index is 764. The van der Waals surface area contributed by atoms with Crippen LogP contribution in [0, 0.1) is 6.92 Å². The maximum absolute atomic E-state index is 12.2. The van der Waals surface area contributed by atoms with Crippen molar-refractivity contribution in [3.05, 3.63) is 52.8 Å². The van der Waals surface area contributed by atoms with E-state index < -0.39 is 18.0 Å². The number of aryl methyl sites for hydroxylation is 1. The Hall–Kier alpha value is -2.60. The molecule has 1 amide bonds. The predicted octanol–water partition coefficient (Wildman–Crippen LogP) is 3.24. The van der Waals surface area contributed by atoms with Gasteiger partial charge in [-0.2, -0.15) is 0 Å². The highest BCUT2D eigenvalue weighted by Crippen LogP contribution is 2.20. The molecule has 1 atom stereocenters. The summed E-state index contributed by atoms with van der Waals surface area (Å²) in [6.07, 6.45) is 0.507. The molecule has 2 aromatic rings. The number of anilines is 1. The molecule has 1 heterocycles. The number of benzene rings is 1. The zero-order valence-electron chi connectivity index (χ0n) is 13.5. The Morgan fingerprint density at radius 1 is 1.29 bits per heavy atom. The second-order valence-corrected chi connectivity index (χ2v) is 5.42. The molecule has 0 radical (unpaired) electrons. The number of nitrogens with one attached hydrogen (secondary N) is 1. The number of aromatic nitrogens is 1. The van der Waals surface area contributed by atoms with Crippen LogP contribution in [0.25, 0.3) is 0 Å². The van der Waals surface area contributed by atoms with Gasteiger partial charge in [0.25, 0.3) is 5.91 Å². The highest BCUT2D eigenvalue weighted by atomic mass is 35.5. The van der Waals surface area contributed by atoms with Crippen LogP contribution in [0.3, 0.4) is 0 Å². The summed E-state index contributed by atoms with van der Waals surface area (Å²) in [7, 11) is 1.52. The lowest BCUT2D eigenvalue weighted by Crippen LogP contribution is -2.30. The fourth-order valence-corrected chi connectivity index (χ4v) is 2.11. The second-order valence-electron chi connectivity index (χ2n) is 5.06. The van der Waals surface area contributed by atoms with Gasteiger partial charge in [0.05, 0.1) is 18.4 Å². The molecule has 0 aliphatic heterocycles. The number of nitrogens with zero attached hydrogens (tertiary/aromatic N) is 1. The van der Waals surface area contributed by atoms with Gasteiger partial charge in [-0.15, -0.1) is 0 Å². The van der Waals surface area contributed by atoms with Gasteiger partial charge in [0.2, 0.25) is 0 Å². The Kier molecular flexibility index (Phi) is 5.76. The van der Waals surface area contributed by atoms with Crippen LogP contribution in [-0.2, 0) is 9.53 Å². The number of pyridine rings is 1. The lowest BCUT2D eigenvalue weighted by Gasteiger charge is -2.14. The van der Waals surface area contributed by atoms with Crippen LogP contribution in [0.15, 0.2) is 36.5 Å². The van der Waals surface area contributed by atoms with Crippen molar-refractivity contribution >= 4 is 29.2 Å². The highest BCUT2D eigenvalue weighted by Gasteiger charge is 2.20. The summed E-state index contributed by atoms with van der Waals surface area (Å²) in [6.45, 7) is 3.34. The first-order valence-electron chi connectivity index (χ1n) is 7.19. The molecule has 1 aromatic carbocycles. The number of ether oxygens (including phenoxy) is 2. The van der Waals surface area contributed by atoms with Crippen molar-refractivity contribution < 1.29 is 19.1 Å². The fraction of sp³-hybridized carbons (Fsp3) is 0.235. The Balaban J connectivity index is 2.03. The number of hydrogen-bond acceptors (Lipinski definition) is 5. The van der Waals surface area contributed by atoms with E-state index in [2.05, 4.69) is 10.3 Å². The number of methoxy groups -OCH3 is 1. The molecule has 0 saturated heterocycles.